The first-order valence-electron chi connectivity index (χ1n) is 5.96. The highest BCUT2D eigenvalue weighted by Gasteiger charge is 2.29. The van der Waals surface area contributed by atoms with Crippen molar-refractivity contribution in [1.82, 2.24) is 9.80 Å². The fourth-order valence-electron chi connectivity index (χ4n) is 2.30. The quantitative estimate of drug-likeness (QED) is 0.676. The molecule has 2 aliphatic rings. The Kier molecular flexibility index (Phi) is 4.44. The van der Waals surface area contributed by atoms with Crippen LogP contribution in [0.3, 0.4) is 0 Å². The largest absolute Gasteiger partial charge is 0.381 e. The van der Waals surface area contributed by atoms with Crippen LogP contribution >= 0.6 is 11.6 Å². The molecule has 4 nitrogen and oxygen atoms in total. The summed E-state index contributed by atoms with van der Waals surface area (Å²) in [6.45, 7) is 5.86. The van der Waals surface area contributed by atoms with Crippen LogP contribution in [0.1, 0.15) is 6.42 Å². The molecule has 0 bridgehead atoms. The summed E-state index contributed by atoms with van der Waals surface area (Å²) in [6, 6.07) is 0. The molecule has 92 valence electrons. The van der Waals surface area contributed by atoms with Gasteiger partial charge in [0, 0.05) is 45.2 Å². The van der Waals surface area contributed by atoms with E-state index in [0.29, 0.717) is 12.5 Å². The van der Waals surface area contributed by atoms with Gasteiger partial charge in [-0.25, -0.2) is 0 Å². The first-order valence-corrected chi connectivity index (χ1v) is 6.49. The number of hydrogen-bond donors (Lipinski definition) is 0. The molecule has 2 aliphatic heterocycles. The van der Waals surface area contributed by atoms with E-state index in [9.17, 15) is 4.79 Å². The van der Waals surface area contributed by atoms with Gasteiger partial charge in [-0.3, -0.25) is 9.69 Å². The number of rotatable bonds is 3. The van der Waals surface area contributed by atoms with E-state index < -0.39 is 0 Å². The zero-order valence-electron chi connectivity index (χ0n) is 9.53. The van der Waals surface area contributed by atoms with Crippen LogP contribution in [0.25, 0.3) is 0 Å². The van der Waals surface area contributed by atoms with E-state index in [2.05, 4.69) is 4.90 Å². The van der Waals surface area contributed by atoms with Crippen LogP contribution in [0.15, 0.2) is 0 Å². The number of halogens is 1. The van der Waals surface area contributed by atoms with E-state index in [4.69, 9.17) is 16.3 Å². The zero-order valence-corrected chi connectivity index (χ0v) is 10.3. The van der Waals surface area contributed by atoms with Crippen LogP contribution in [0, 0.1) is 5.92 Å². The summed E-state index contributed by atoms with van der Waals surface area (Å²) in [7, 11) is 0. The van der Waals surface area contributed by atoms with E-state index in [1.165, 1.54) is 0 Å². The topological polar surface area (TPSA) is 32.8 Å². The van der Waals surface area contributed by atoms with E-state index in [-0.39, 0.29) is 11.8 Å². The second-order valence-corrected chi connectivity index (χ2v) is 4.79. The van der Waals surface area contributed by atoms with Gasteiger partial charge in [0.2, 0.25) is 5.91 Å². The molecule has 0 saturated carbocycles. The highest BCUT2D eigenvalue weighted by Crippen LogP contribution is 2.16. The lowest BCUT2D eigenvalue weighted by molar-refractivity contribution is -0.137. The summed E-state index contributed by atoms with van der Waals surface area (Å²) in [5.74, 6) is 1.06. The molecule has 1 atom stereocenters. The first-order chi connectivity index (χ1) is 7.81. The minimum Gasteiger partial charge on any atom is -0.381 e. The summed E-state index contributed by atoms with van der Waals surface area (Å²) < 4.78 is 5.25. The van der Waals surface area contributed by atoms with Crippen molar-refractivity contribution in [3.8, 4) is 0 Å². The number of carbonyl (C=O) groups is 1. The van der Waals surface area contributed by atoms with Gasteiger partial charge in [0.25, 0.3) is 0 Å². The number of carbonyl (C=O) groups excluding carboxylic acids is 1. The van der Waals surface area contributed by atoms with Gasteiger partial charge in [-0.1, -0.05) is 0 Å². The van der Waals surface area contributed by atoms with Gasteiger partial charge in [-0.05, 0) is 6.42 Å². The molecular weight excluding hydrogens is 228 g/mol. The van der Waals surface area contributed by atoms with E-state index in [0.717, 1.165) is 45.8 Å². The van der Waals surface area contributed by atoms with Crippen LogP contribution < -0.4 is 0 Å². The molecule has 0 N–H and O–H groups in total. The number of amides is 1. The number of ether oxygens (including phenoxy) is 1. The highest BCUT2D eigenvalue weighted by molar-refractivity contribution is 6.18. The van der Waals surface area contributed by atoms with Crippen molar-refractivity contribution in [3.63, 3.8) is 0 Å². The molecule has 0 aromatic heterocycles. The molecule has 0 aliphatic carbocycles. The van der Waals surface area contributed by atoms with Gasteiger partial charge in [0.1, 0.15) is 0 Å². The van der Waals surface area contributed by atoms with Crippen molar-refractivity contribution in [2.45, 2.75) is 6.42 Å². The summed E-state index contributed by atoms with van der Waals surface area (Å²) in [5.41, 5.74) is 0. The van der Waals surface area contributed by atoms with Crippen LogP contribution in [-0.2, 0) is 9.53 Å². The molecule has 16 heavy (non-hydrogen) atoms. The molecule has 2 saturated heterocycles. The lowest BCUT2D eigenvalue weighted by Crippen LogP contribution is -2.50. The van der Waals surface area contributed by atoms with Gasteiger partial charge in [0.15, 0.2) is 0 Å². The smallest absolute Gasteiger partial charge is 0.228 e. The Bertz CT molecular complexity index is 236. The molecule has 2 rings (SSSR count). The normalized spacial score (nSPS) is 27.3. The Balaban J connectivity index is 1.77. The third-order valence-corrected chi connectivity index (χ3v) is 3.53. The van der Waals surface area contributed by atoms with E-state index in [1.54, 1.807) is 0 Å². The van der Waals surface area contributed by atoms with Gasteiger partial charge >= 0.3 is 0 Å². The van der Waals surface area contributed by atoms with Gasteiger partial charge < -0.3 is 9.64 Å². The number of hydrogen-bond acceptors (Lipinski definition) is 3. The van der Waals surface area contributed by atoms with Crippen molar-refractivity contribution < 1.29 is 9.53 Å². The maximum atomic E-state index is 12.1. The predicted octanol–water partition coefficient (Wildman–Crippen LogP) is 0.406. The summed E-state index contributed by atoms with van der Waals surface area (Å²) >= 11 is 5.70. The predicted molar refractivity (Wildman–Crippen MR) is 62.7 cm³/mol. The number of piperazine rings is 1. The molecule has 0 spiro atoms. The second-order valence-electron chi connectivity index (χ2n) is 4.42. The highest BCUT2D eigenvalue weighted by atomic mass is 35.5. The molecular formula is C11H19ClN2O2. The Morgan fingerprint density at radius 1 is 1.31 bits per heavy atom. The first kappa shape index (κ1) is 12.1. The summed E-state index contributed by atoms with van der Waals surface area (Å²) in [4.78, 5) is 16.3. The van der Waals surface area contributed by atoms with Crippen molar-refractivity contribution in [3.05, 3.63) is 0 Å². The second kappa shape index (κ2) is 5.84. The van der Waals surface area contributed by atoms with Crippen molar-refractivity contribution in [2.75, 3.05) is 51.8 Å². The molecule has 0 aromatic carbocycles. The molecule has 0 radical (unpaired) electrons. The van der Waals surface area contributed by atoms with E-state index in [1.807, 2.05) is 4.90 Å². The average molecular weight is 247 g/mol. The Morgan fingerprint density at radius 2 is 2.06 bits per heavy atom. The van der Waals surface area contributed by atoms with Crippen LogP contribution in [0.2, 0.25) is 0 Å². The van der Waals surface area contributed by atoms with E-state index >= 15 is 0 Å². The lowest BCUT2D eigenvalue weighted by Gasteiger charge is -2.35. The molecule has 0 aromatic rings. The van der Waals surface area contributed by atoms with Crippen molar-refractivity contribution in [1.29, 1.82) is 0 Å². The minimum atomic E-state index is 0.111. The SMILES string of the molecule is O=C(C1CCOC1)N1CCN(CCCl)CC1. The molecule has 1 amide bonds. The van der Waals surface area contributed by atoms with Crippen LogP contribution in [-0.4, -0.2) is 67.5 Å². The fraction of sp³-hybridized carbons (Fsp3) is 0.909. The minimum absolute atomic E-state index is 0.111. The van der Waals surface area contributed by atoms with Crippen LogP contribution in [0.4, 0.5) is 0 Å². The third-order valence-electron chi connectivity index (χ3n) is 3.36. The Morgan fingerprint density at radius 3 is 2.62 bits per heavy atom. The standard InChI is InChI=1S/C11H19ClN2O2/c12-2-3-13-4-6-14(7-5-13)11(15)10-1-8-16-9-10/h10H,1-9H2. The fourth-order valence-corrected chi connectivity index (χ4v) is 2.54. The number of alkyl halides is 1. The molecule has 2 heterocycles. The summed E-state index contributed by atoms with van der Waals surface area (Å²) in [6.07, 6.45) is 0.890. The zero-order chi connectivity index (χ0) is 11.4. The van der Waals surface area contributed by atoms with Crippen molar-refractivity contribution >= 4 is 17.5 Å². The Labute approximate surface area is 101 Å². The van der Waals surface area contributed by atoms with Gasteiger partial charge in [-0.2, -0.15) is 0 Å². The average Bonchev–Trinajstić information content (AvgIpc) is 2.83. The summed E-state index contributed by atoms with van der Waals surface area (Å²) in [5, 5.41) is 0. The third kappa shape index (κ3) is 2.87. The van der Waals surface area contributed by atoms with Gasteiger partial charge in [0.05, 0.1) is 12.5 Å². The van der Waals surface area contributed by atoms with Crippen molar-refractivity contribution in [2.24, 2.45) is 5.92 Å². The Hall–Kier alpha value is -0.320. The number of nitrogens with zero attached hydrogens (tertiary/aromatic N) is 2. The monoisotopic (exact) mass is 246 g/mol. The molecule has 2 fully saturated rings. The molecule has 1 unspecified atom stereocenters. The van der Waals surface area contributed by atoms with Crippen LogP contribution in [0.5, 0.6) is 0 Å². The lowest BCUT2D eigenvalue weighted by atomic mass is 10.1. The molecule has 5 heteroatoms. The maximum absolute atomic E-state index is 12.1. The van der Waals surface area contributed by atoms with Gasteiger partial charge in [-0.15, -0.1) is 11.6 Å². The maximum Gasteiger partial charge on any atom is 0.228 e.